The van der Waals surface area contributed by atoms with Gasteiger partial charge in [-0.3, -0.25) is 4.79 Å². The van der Waals surface area contributed by atoms with E-state index in [0.717, 1.165) is 12.8 Å². The van der Waals surface area contributed by atoms with Gasteiger partial charge in [0.15, 0.2) is 0 Å². The van der Waals surface area contributed by atoms with Crippen LogP contribution < -0.4 is 0 Å². The summed E-state index contributed by atoms with van der Waals surface area (Å²) in [6.45, 7) is 7.32. The fraction of sp³-hybridized carbons (Fsp3) is 0.714. The lowest BCUT2D eigenvalue weighted by Gasteiger charge is -2.39. The lowest BCUT2D eigenvalue weighted by atomic mass is 9.91. The maximum Gasteiger partial charge on any atom is 0.319 e. The zero-order chi connectivity index (χ0) is 14.9. The fourth-order valence-corrected chi connectivity index (χ4v) is 2.94. The topological polar surface area (TPSA) is 53.1 Å². The van der Waals surface area contributed by atoms with Crippen molar-refractivity contribution in [2.24, 2.45) is 0 Å². The van der Waals surface area contributed by atoms with Crippen molar-refractivity contribution in [2.45, 2.75) is 31.6 Å². The highest BCUT2D eigenvalue weighted by molar-refractivity contribution is 5.87. The number of nitrogens with zero attached hydrogens (tertiary/aromatic N) is 3. The zero-order valence-corrected chi connectivity index (χ0v) is 12.5. The Balaban J connectivity index is 1.98. The summed E-state index contributed by atoms with van der Waals surface area (Å²) >= 11 is 0. The number of urea groups is 1. The first-order valence-corrected chi connectivity index (χ1v) is 6.96. The van der Waals surface area contributed by atoms with Gasteiger partial charge in [-0.25, -0.2) is 4.79 Å². The molecule has 2 fully saturated rings. The third-order valence-corrected chi connectivity index (χ3v) is 4.10. The van der Waals surface area contributed by atoms with Gasteiger partial charge in [0.2, 0.25) is 5.91 Å². The zero-order valence-electron chi connectivity index (χ0n) is 12.5. The number of piperidine rings is 1. The molecule has 0 aliphatic carbocycles. The van der Waals surface area contributed by atoms with Gasteiger partial charge in [-0.05, 0) is 25.8 Å². The Kier molecular flexibility index (Phi) is 4.04. The quantitative estimate of drug-likeness (QED) is 0.671. The van der Waals surface area contributed by atoms with Crippen molar-refractivity contribution in [2.75, 3.05) is 33.7 Å². The summed E-state index contributed by atoms with van der Waals surface area (Å²) in [5.41, 5.74) is -0.304. The highest BCUT2D eigenvalue weighted by Gasteiger charge is 2.46. The van der Waals surface area contributed by atoms with Crippen LogP contribution in [0.15, 0.2) is 12.7 Å². The predicted molar refractivity (Wildman–Crippen MR) is 75.1 cm³/mol. The molecule has 1 spiro atoms. The Labute approximate surface area is 119 Å². The minimum atomic E-state index is -0.304. The molecule has 0 N–H and O–H groups in total. The van der Waals surface area contributed by atoms with E-state index in [2.05, 4.69) is 6.58 Å². The first-order chi connectivity index (χ1) is 9.38. The average molecular weight is 281 g/mol. The van der Waals surface area contributed by atoms with Crippen molar-refractivity contribution in [1.82, 2.24) is 14.7 Å². The Morgan fingerprint density at radius 2 is 1.95 bits per heavy atom. The molecule has 0 radical (unpaired) electrons. The molecule has 0 aromatic rings. The summed E-state index contributed by atoms with van der Waals surface area (Å²) in [5, 5.41) is 0. The lowest BCUT2D eigenvalue weighted by Crippen LogP contribution is -2.51. The highest BCUT2D eigenvalue weighted by atomic mass is 16.5. The molecule has 6 nitrogen and oxygen atoms in total. The summed E-state index contributed by atoms with van der Waals surface area (Å²) < 4.78 is 6.02. The molecule has 3 amide bonds. The van der Waals surface area contributed by atoms with Crippen LogP contribution in [0.5, 0.6) is 0 Å². The van der Waals surface area contributed by atoms with Crippen molar-refractivity contribution in [3.63, 3.8) is 0 Å². The van der Waals surface area contributed by atoms with E-state index in [4.69, 9.17) is 4.74 Å². The van der Waals surface area contributed by atoms with Crippen LogP contribution in [-0.2, 0) is 9.53 Å². The third kappa shape index (κ3) is 2.65. The van der Waals surface area contributed by atoms with Gasteiger partial charge in [0.1, 0.15) is 6.23 Å². The molecule has 0 unspecified atom stereocenters. The molecule has 20 heavy (non-hydrogen) atoms. The molecular formula is C14H23N3O3. The average Bonchev–Trinajstić information content (AvgIpc) is 2.74. The van der Waals surface area contributed by atoms with Crippen molar-refractivity contribution in [3.05, 3.63) is 12.7 Å². The first kappa shape index (κ1) is 14.8. The summed E-state index contributed by atoms with van der Waals surface area (Å²) in [5.74, 6) is -0.0961. The maximum absolute atomic E-state index is 11.9. The van der Waals surface area contributed by atoms with Crippen LogP contribution in [0.2, 0.25) is 0 Å². The number of carbonyl (C=O) groups is 2. The van der Waals surface area contributed by atoms with Crippen LogP contribution in [0.25, 0.3) is 0 Å². The second kappa shape index (κ2) is 5.44. The van der Waals surface area contributed by atoms with Crippen LogP contribution in [0.4, 0.5) is 4.79 Å². The van der Waals surface area contributed by atoms with E-state index < -0.39 is 0 Å². The fourth-order valence-electron chi connectivity index (χ4n) is 2.94. The van der Waals surface area contributed by atoms with Gasteiger partial charge < -0.3 is 19.4 Å². The van der Waals surface area contributed by atoms with Crippen molar-refractivity contribution in [3.8, 4) is 0 Å². The van der Waals surface area contributed by atoms with Crippen LogP contribution in [0, 0.1) is 0 Å². The minimum Gasteiger partial charge on any atom is -0.350 e. The number of ether oxygens (including phenoxy) is 1. The first-order valence-electron chi connectivity index (χ1n) is 6.96. The van der Waals surface area contributed by atoms with Gasteiger partial charge in [-0.15, -0.1) is 0 Å². The van der Waals surface area contributed by atoms with E-state index in [9.17, 15) is 9.59 Å². The molecule has 2 aliphatic heterocycles. The van der Waals surface area contributed by atoms with Gasteiger partial charge in [0.25, 0.3) is 0 Å². The molecular weight excluding hydrogens is 258 g/mol. The Bertz CT molecular complexity index is 414. The lowest BCUT2D eigenvalue weighted by molar-refractivity contribution is -0.131. The number of hydrogen-bond donors (Lipinski definition) is 0. The van der Waals surface area contributed by atoms with E-state index in [0.29, 0.717) is 19.6 Å². The Morgan fingerprint density at radius 1 is 1.35 bits per heavy atom. The van der Waals surface area contributed by atoms with Crippen LogP contribution in [0.1, 0.15) is 19.8 Å². The maximum atomic E-state index is 11.9. The van der Waals surface area contributed by atoms with Gasteiger partial charge in [-0.2, -0.15) is 0 Å². The minimum absolute atomic E-state index is 0.0323. The van der Waals surface area contributed by atoms with Gasteiger partial charge in [0, 0.05) is 27.2 Å². The molecule has 0 aromatic carbocycles. The number of amides is 3. The van der Waals surface area contributed by atoms with Gasteiger partial charge in [0.05, 0.1) is 12.1 Å². The normalized spacial score (nSPS) is 24.9. The second-order valence-electron chi connectivity index (χ2n) is 5.73. The molecule has 0 saturated carbocycles. The third-order valence-electron chi connectivity index (χ3n) is 4.10. The summed E-state index contributed by atoms with van der Waals surface area (Å²) in [4.78, 5) is 28.8. The molecule has 2 rings (SSSR count). The van der Waals surface area contributed by atoms with Gasteiger partial charge >= 0.3 is 6.03 Å². The monoisotopic (exact) mass is 281 g/mol. The number of hydrogen-bond acceptors (Lipinski definition) is 3. The Morgan fingerprint density at radius 3 is 2.45 bits per heavy atom. The van der Waals surface area contributed by atoms with Crippen LogP contribution in [0.3, 0.4) is 0 Å². The van der Waals surface area contributed by atoms with Crippen molar-refractivity contribution in [1.29, 1.82) is 0 Å². The number of carbonyl (C=O) groups excluding carboxylic acids is 2. The smallest absolute Gasteiger partial charge is 0.319 e. The van der Waals surface area contributed by atoms with Crippen LogP contribution >= 0.6 is 0 Å². The highest BCUT2D eigenvalue weighted by Crippen LogP contribution is 2.35. The molecule has 0 bridgehead atoms. The summed E-state index contributed by atoms with van der Waals surface area (Å²) in [6.07, 6.45) is 2.62. The standard InChI is InChI=1S/C14H23N3O3/c1-5-12(18)17-10-14(20-11(17)2)6-8-16(9-7-14)13(19)15(3)4/h5,11H,1,6-10H2,2-4H3/t11-/m1/s1. The molecule has 6 heteroatoms. The van der Waals surface area contributed by atoms with E-state index in [-0.39, 0.29) is 23.8 Å². The SMILES string of the molecule is C=CC(=O)N1CC2(CCN(C(=O)N(C)C)CC2)O[C@@H]1C. The van der Waals surface area contributed by atoms with Gasteiger partial charge in [-0.1, -0.05) is 6.58 Å². The van der Waals surface area contributed by atoms with Crippen LogP contribution in [-0.4, -0.2) is 72.2 Å². The predicted octanol–water partition coefficient (Wildman–Crippen LogP) is 0.893. The van der Waals surface area contributed by atoms with Crippen molar-refractivity contribution < 1.29 is 14.3 Å². The second-order valence-corrected chi connectivity index (χ2v) is 5.73. The summed E-state index contributed by atoms with van der Waals surface area (Å²) in [7, 11) is 3.51. The molecule has 0 aromatic heterocycles. The molecule has 112 valence electrons. The molecule has 1 atom stereocenters. The van der Waals surface area contributed by atoms with E-state index in [1.54, 1.807) is 23.9 Å². The molecule has 2 aliphatic rings. The molecule has 2 saturated heterocycles. The van der Waals surface area contributed by atoms with Crippen molar-refractivity contribution >= 4 is 11.9 Å². The summed E-state index contributed by atoms with van der Waals surface area (Å²) in [6, 6.07) is 0.0323. The van der Waals surface area contributed by atoms with E-state index in [1.807, 2.05) is 11.8 Å². The Hall–Kier alpha value is -1.56. The largest absolute Gasteiger partial charge is 0.350 e. The number of likely N-dealkylation sites (tertiary alicyclic amines) is 1. The number of rotatable bonds is 1. The molecule has 2 heterocycles. The van der Waals surface area contributed by atoms with E-state index in [1.165, 1.54) is 6.08 Å². The van der Waals surface area contributed by atoms with E-state index >= 15 is 0 Å².